The van der Waals surface area contributed by atoms with Crippen molar-refractivity contribution < 1.29 is 0 Å². The fourth-order valence-corrected chi connectivity index (χ4v) is 3.61. The van der Waals surface area contributed by atoms with Crippen LogP contribution in [0.2, 0.25) is 0 Å². The van der Waals surface area contributed by atoms with E-state index < -0.39 is 0 Å². The molecule has 1 unspecified atom stereocenters. The topological polar surface area (TPSA) is 12.0 Å². The SMILES string of the molecule is CCc1ccc(CC(CNC(C)C)c2cccc(C)c2)s1. The maximum Gasteiger partial charge on any atom is 0.00547 e. The lowest BCUT2D eigenvalue weighted by Crippen LogP contribution is -2.28. The molecular weight excluding hydrogens is 274 g/mol. The van der Waals surface area contributed by atoms with Gasteiger partial charge in [0.15, 0.2) is 0 Å². The molecule has 0 aliphatic rings. The lowest BCUT2D eigenvalue weighted by atomic mass is 9.93. The van der Waals surface area contributed by atoms with E-state index >= 15 is 0 Å². The van der Waals surface area contributed by atoms with Crippen LogP contribution < -0.4 is 5.32 Å². The van der Waals surface area contributed by atoms with Gasteiger partial charge in [0.25, 0.3) is 0 Å². The number of hydrogen-bond acceptors (Lipinski definition) is 2. The van der Waals surface area contributed by atoms with Gasteiger partial charge in [-0.2, -0.15) is 0 Å². The Morgan fingerprint density at radius 2 is 1.86 bits per heavy atom. The van der Waals surface area contributed by atoms with E-state index in [1.165, 1.54) is 20.9 Å². The molecule has 0 saturated carbocycles. The van der Waals surface area contributed by atoms with Gasteiger partial charge in [-0.15, -0.1) is 11.3 Å². The number of thiophene rings is 1. The third-order valence-corrected chi connectivity index (χ3v) is 5.05. The average molecular weight is 301 g/mol. The highest BCUT2D eigenvalue weighted by atomic mass is 32.1. The van der Waals surface area contributed by atoms with Gasteiger partial charge in [0, 0.05) is 28.3 Å². The fraction of sp³-hybridized carbons (Fsp3) is 0.474. The van der Waals surface area contributed by atoms with Crippen LogP contribution in [0.25, 0.3) is 0 Å². The van der Waals surface area contributed by atoms with Gasteiger partial charge in [0.05, 0.1) is 0 Å². The second-order valence-electron chi connectivity index (χ2n) is 6.10. The molecule has 0 saturated heterocycles. The molecule has 0 spiro atoms. The molecule has 1 heterocycles. The first kappa shape index (κ1) is 16.3. The Bertz CT molecular complexity index is 556. The van der Waals surface area contributed by atoms with Crippen LogP contribution >= 0.6 is 11.3 Å². The molecule has 114 valence electrons. The predicted molar refractivity (Wildman–Crippen MR) is 94.5 cm³/mol. The Balaban J connectivity index is 2.15. The fourth-order valence-electron chi connectivity index (χ4n) is 2.57. The Morgan fingerprint density at radius 1 is 1.10 bits per heavy atom. The summed E-state index contributed by atoms with van der Waals surface area (Å²) >= 11 is 1.97. The molecule has 2 aromatic rings. The smallest absolute Gasteiger partial charge is 0.00547 e. The summed E-state index contributed by atoms with van der Waals surface area (Å²) < 4.78 is 0. The molecule has 0 amide bonds. The highest BCUT2D eigenvalue weighted by Crippen LogP contribution is 2.26. The summed E-state index contributed by atoms with van der Waals surface area (Å²) in [5, 5.41) is 3.61. The van der Waals surface area contributed by atoms with Gasteiger partial charge in [-0.05, 0) is 37.5 Å². The van der Waals surface area contributed by atoms with Crippen LogP contribution in [0.1, 0.15) is 47.6 Å². The van der Waals surface area contributed by atoms with Gasteiger partial charge >= 0.3 is 0 Å². The molecule has 1 nitrogen and oxygen atoms in total. The van der Waals surface area contributed by atoms with E-state index in [9.17, 15) is 0 Å². The molecule has 0 fully saturated rings. The van der Waals surface area contributed by atoms with Gasteiger partial charge in [-0.3, -0.25) is 0 Å². The summed E-state index contributed by atoms with van der Waals surface area (Å²) in [5.41, 5.74) is 2.80. The monoisotopic (exact) mass is 301 g/mol. The Labute approximate surface area is 133 Å². The number of aryl methyl sites for hydroxylation is 2. The lowest BCUT2D eigenvalue weighted by molar-refractivity contribution is 0.528. The second kappa shape index (κ2) is 7.77. The molecule has 2 rings (SSSR count). The molecule has 0 aliphatic carbocycles. The minimum atomic E-state index is 0.534. The predicted octanol–water partition coefficient (Wildman–Crippen LogP) is 4.94. The van der Waals surface area contributed by atoms with Crippen LogP contribution in [0.5, 0.6) is 0 Å². The van der Waals surface area contributed by atoms with Crippen LogP contribution in [-0.2, 0) is 12.8 Å². The number of hydrogen-bond donors (Lipinski definition) is 1. The Morgan fingerprint density at radius 3 is 2.48 bits per heavy atom. The van der Waals surface area contributed by atoms with E-state index in [2.05, 4.69) is 69.4 Å². The van der Waals surface area contributed by atoms with Gasteiger partial charge in [0.1, 0.15) is 0 Å². The van der Waals surface area contributed by atoms with Gasteiger partial charge in [0.2, 0.25) is 0 Å². The molecule has 2 heteroatoms. The molecule has 1 aromatic heterocycles. The van der Waals surface area contributed by atoms with Crippen LogP contribution in [0.3, 0.4) is 0 Å². The quantitative estimate of drug-likeness (QED) is 0.763. The molecule has 0 radical (unpaired) electrons. The van der Waals surface area contributed by atoms with Crippen molar-refractivity contribution in [2.45, 2.75) is 52.5 Å². The molecule has 1 aromatic carbocycles. The first-order valence-electron chi connectivity index (χ1n) is 7.96. The van der Waals surface area contributed by atoms with Gasteiger partial charge in [-0.1, -0.05) is 50.6 Å². The normalized spacial score (nSPS) is 12.8. The van der Waals surface area contributed by atoms with Crippen LogP contribution in [0.15, 0.2) is 36.4 Å². The standard InChI is InChI=1S/C19H27NS/c1-5-18-9-10-19(21-18)12-17(13-20-14(2)3)16-8-6-7-15(4)11-16/h6-11,14,17,20H,5,12-13H2,1-4H3. The summed E-state index contributed by atoms with van der Waals surface area (Å²) in [6, 6.07) is 14.1. The van der Waals surface area contributed by atoms with Crippen LogP contribution in [0.4, 0.5) is 0 Å². The summed E-state index contributed by atoms with van der Waals surface area (Å²) in [7, 11) is 0. The Kier molecular flexibility index (Phi) is 6.01. The van der Waals surface area contributed by atoms with E-state index in [1.807, 2.05) is 11.3 Å². The number of rotatable bonds is 7. The van der Waals surface area contributed by atoms with Crippen LogP contribution in [0, 0.1) is 6.92 Å². The first-order valence-corrected chi connectivity index (χ1v) is 8.77. The third-order valence-electron chi connectivity index (χ3n) is 3.80. The van der Waals surface area contributed by atoms with Crippen molar-refractivity contribution in [1.29, 1.82) is 0 Å². The maximum absolute atomic E-state index is 3.61. The second-order valence-corrected chi connectivity index (χ2v) is 7.35. The van der Waals surface area contributed by atoms with E-state index in [0.717, 1.165) is 19.4 Å². The highest BCUT2D eigenvalue weighted by molar-refractivity contribution is 7.11. The van der Waals surface area contributed by atoms with E-state index in [0.29, 0.717) is 12.0 Å². The van der Waals surface area contributed by atoms with Crippen molar-refractivity contribution in [3.63, 3.8) is 0 Å². The van der Waals surface area contributed by atoms with E-state index in [1.54, 1.807) is 0 Å². The zero-order chi connectivity index (χ0) is 15.2. The van der Waals surface area contributed by atoms with Crippen molar-refractivity contribution >= 4 is 11.3 Å². The summed E-state index contributed by atoms with van der Waals surface area (Å²) in [6.45, 7) is 9.88. The van der Waals surface area contributed by atoms with E-state index in [4.69, 9.17) is 0 Å². The zero-order valence-corrected chi connectivity index (χ0v) is 14.5. The van der Waals surface area contributed by atoms with Crippen molar-refractivity contribution in [3.8, 4) is 0 Å². The molecular formula is C19H27NS. The minimum absolute atomic E-state index is 0.534. The molecule has 0 bridgehead atoms. The number of benzene rings is 1. The van der Waals surface area contributed by atoms with Crippen molar-refractivity contribution in [2.75, 3.05) is 6.54 Å². The largest absolute Gasteiger partial charge is 0.314 e. The van der Waals surface area contributed by atoms with Crippen LogP contribution in [-0.4, -0.2) is 12.6 Å². The first-order chi connectivity index (χ1) is 10.1. The van der Waals surface area contributed by atoms with Crippen molar-refractivity contribution in [2.24, 2.45) is 0 Å². The van der Waals surface area contributed by atoms with Crippen molar-refractivity contribution in [3.05, 3.63) is 57.3 Å². The summed E-state index contributed by atoms with van der Waals surface area (Å²) in [5.74, 6) is 0.552. The van der Waals surface area contributed by atoms with Crippen molar-refractivity contribution in [1.82, 2.24) is 5.32 Å². The van der Waals surface area contributed by atoms with Gasteiger partial charge in [-0.25, -0.2) is 0 Å². The summed E-state index contributed by atoms with van der Waals surface area (Å²) in [4.78, 5) is 2.99. The van der Waals surface area contributed by atoms with E-state index in [-0.39, 0.29) is 0 Å². The average Bonchev–Trinajstić information content (AvgIpc) is 2.91. The molecule has 1 N–H and O–H groups in total. The molecule has 1 atom stereocenters. The maximum atomic E-state index is 3.61. The number of nitrogens with one attached hydrogen (secondary N) is 1. The molecule has 0 aliphatic heterocycles. The zero-order valence-electron chi connectivity index (χ0n) is 13.6. The highest BCUT2D eigenvalue weighted by Gasteiger charge is 2.14. The Hall–Kier alpha value is -1.12. The lowest BCUT2D eigenvalue weighted by Gasteiger charge is -2.20. The minimum Gasteiger partial charge on any atom is -0.314 e. The molecule has 21 heavy (non-hydrogen) atoms. The third kappa shape index (κ3) is 4.98. The summed E-state index contributed by atoms with van der Waals surface area (Å²) in [6.07, 6.45) is 2.28. The van der Waals surface area contributed by atoms with Gasteiger partial charge < -0.3 is 5.32 Å².